The van der Waals surface area contributed by atoms with E-state index in [0.29, 0.717) is 6.61 Å². The Hall–Kier alpha value is -1.81. The second-order valence-corrected chi connectivity index (χ2v) is 4.78. The van der Waals surface area contributed by atoms with Crippen LogP contribution in [0.3, 0.4) is 0 Å². The Morgan fingerprint density at radius 2 is 2.16 bits per heavy atom. The van der Waals surface area contributed by atoms with Gasteiger partial charge in [-0.05, 0) is 39.0 Å². The van der Waals surface area contributed by atoms with Gasteiger partial charge in [-0.2, -0.15) is 0 Å². The smallest absolute Gasteiger partial charge is 0.0664 e. The van der Waals surface area contributed by atoms with Crippen molar-refractivity contribution in [1.82, 2.24) is 4.98 Å². The van der Waals surface area contributed by atoms with Gasteiger partial charge in [0.25, 0.3) is 0 Å². The number of fused-ring (bicyclic) bond motifs is 1. The minimum Gasteiger partial charge on any atom is -0.398 e. The minimum absolute atomic E-state index is 0.250. The van der Waals surface area contributed by atoms with Crippen molar-refractivity contribution < 1.29 is 4.74 Å². The Bertz CT molecular complexity index is 569. The zero-order chi connectivity index (χ0) is 13.8. The third-order valence-corrected chi connectivity index (χ3v) is 3.05. The van der Waals surface area contributed by atoms with Crippen LogP contribution in [0.5, 0.6) is 0 Å². The van der Waals surface area contributed by atoms with Crippen LogP contribution in [0.4, 0.5) is 11.4 Å². The zero-order valence-corrected chi connectivity index (χ0v) is 11.7. The molecule has 0 bridgehead atoms. The van der Waals surface area contributed by atoms with Gasteiger partial charge in [-0.25, -0.2) is 0 Å². The van der Waals surface area contributed by atoms with Gasteiger partial charge >= 0.3 is 0 Å². The minimum atomic E-state index is 0.250. The van der Waals surface area contributed by atoms with E-state index in [4.69, 9.17) is 10.5 Å². The Morgan fingerprint density at radius 3 is 2.89 bits per heavy atom. The van der Waals surface area contributed by atoms with Crippen LogP contribution in [0.1, 0.15) is 19.5 Å². The monoisotopic (exact) mass is 259 g/mol. The topological polar surface area (TPSA) is 60.2 Å². The maximum Gasteiger partial charge on any atom is 0.0664 e. The van der Waals surface area contributed by atoms with Crippen molar-refractivity contribution in [2.24, 2.45) is 0 Å². The van der Waals surface area contributed by atoms with Gasteiger partial charge in [0.1, 0.15) is 0 Å². The van der Waals surface area contributed by atoms with Crippen LogP contribution in [-0.2, 0) is 4.74 Å². The van der Waals surface area contributed by atoms with Gasteiger partial charge in [0.15, 0.2) is 0 Å². The number of pyridine rings is 1. The van der Waals surface area contributed by atoms with Crippen molar-refractivity contribution in [1.29, 1.82) is 0 Å². The molecule has 0 fully saturated rings. The number of nitrogens with one attached hydrogen (secondary N) is 1. The molecule has 0 aliphatic carbocycles. The van der Waals surface area contributed by atoms with Gasteiger partial charge in [-0.15, -0.1) is 0 Å². The molecule has 2 aromatic rings. The van der Waals surface area contributed by atoms with Crippen molar-refractivity contribution in [3.63, 3.8) is 0 Å². The summed E-state index contributed by atoms with van der Waals surface area (Å²) in [6, 6.07) is 6.23. The summed E-state index contributed by atoms with van der Waals surface area (Å²) in [5, 5.41) is 5.56. The molecule has 1 unspecified atom stereocenters. The zero-order valence-electron chi connectivity index (χ0n) is 11.7. The Morgan fingerprint density at radius 1 is 1.37 bits per heavy atom. The number of nitrogens with zero attached hydrogens (tertiary/aromatic N) is 1. The third kappa shape index (κ3) is 3.15. The average molecular weight is 259 g/mol. The highest BCUT2D eigenvalue weighted by Gasteiger charge is 2.08. The van der Waals surface area contributed by atoms with Gasteiger partial charge in [0.2, 0.25) is 0 Å². The highest BCUT2D eigenvalue weighted by atomic mass is 16.5. The Labute approximate surface area is 114 Å². The number of nitrogens with two attached hydrogens (primary N) is 1. The van der Waals surface area contributed by atoms with E-state index in [-0.39, 0.29) is 6.04 Å². The molecule has 0 radical (unpaired) electrons. The molecule has 0 aliphatic heterocycles. The molecule has 1 aromatic carbocycles. The van der Waals surface area contributed by atoms with Crippen molar-refractivity contribution >= 4 is 22.1 Å². The van der Waals surface area contributed by atoms with Crippen molar-refractivity contribution in [2.75, 3.05) is 24.3 Å². The summed E-state index contributed by atoms with van der Waals surface area (Å²) in [5.41, 5.74) is 8.80. The molecule has 1 atom stereocenters. The molecule has 4 heteroatoms. The van der Waals surface area contributed by atoms with E-state index in [1.54, 1.807) is 0 Å². The highest BCUT2D eigenvalue weighted by molar-refractivity contribution is 6.00. The number of ether oxygens (including phenoxy) is 1. The van der Waals surface area contributed by atoms with E-state index in [1.807, 2.05) is 32.2 Å². The molecule has 4 nitrogen and oxygen atoms in total. The molecule has 0 saturated carbocycles. The molecule has 1 heterocycles. The van der Waals surface area contributed by atoms with E-state index >= 15 is 0 Å². The van der Waals surface area contributed by atoms with Crippen LogP contribution in [0.2, 0.25) is 0 Å². The van der Waals surface area contributed by atoms with Gasteiger partial charge in [-0.1, -0.05) is 0 Å². The van der Waals surface area contributed by atoms with Crippen LogP contribution in [0.15, 0.2) is 24.4 Å². The van der Waals surface area contributed by atoms with Gasteiger partial charge < -0.3 is 15.8 Å². The number of rotatable bonds is 5. The Kier molecular flexibility index (Phi) is 4.22. The van der Waals surface area contributed by atoms with Gasteiger partial charge in [0, 0.05) is 46.7 Å². The largest absolute Gasteiger partial charge is 0.398 e. The molecule has 0 saturated heterocycles. The van der Waals surface area contributed by atoms with Gasteiger partial charge in [0.05, 0.1) is 6.61 Å². The SMILES string of the molecule is CCOCC(C)Nc1ccc(N)c2cnc(C)cc12. The van der Waals surface area contributed by atoms with Crippen LogP contribution < -0.4 is 11.1 Å². The number of nitrogen functional groups attached to an aromatic ring is 1. The highest BCUT2D eigenvalue weighted by Crippen LogP contribution is 2.28. The summed E-state index contributed by atoms with van der Waals surface area (Å²) >= 11 is 0. The fourth-order valence-corrected chi connectivity index (χ4v) is 2.09. The van der Waals surface area contributed by atoms with Crippen LogP contribution in [-0.4, -0.2) is 24.2 Å². The van der Waals surface area contributed by atoms with Gasteiger partial charge in [-0.3, -0.25) is 4.98 Å². The molecule has 19 heavy (non-hydrogen) atoms. The lowest BCUT2D eigenvalue weighted by Crippen LogP contribution is -2.21. The number of benzene rings is 1. The number of hydrogen-bond donors (Lipinski definition) is 2. The summed E-state index contributed by atoms with van der Waals surface area (Å²) in [6.07, 6.45) is 1.83. The summed E-state index contributed by atoms with van der Waals surface area (Å²) in [5.74, 6) is 0. The first kappa shape index (κ1) is 13.6. The van der Waals surface area contributed by atoms with E-state index in [9.17, 15) is 0 Å². The quantitative estimate of drug-likeness (QED) is 0.810. The molecule has 2 rings (SSSR count). The molecular formula is C15H21N3O. The lowest BCUT2D eigenvalue weighted by atomic mass is 10.1. The number of aromatic nitrogens is 1. The van der Waals surface area contributed by atoms with E-state index in [1.165, 1.54) is 0 Å². The fraction of sp³-hybridized carbons (Fsp3) is 0.400. The van der Waals surface area contributed by atoms with Crippen LogP contribution in [0.25, 0.3) is 10.8 Å². The first-order valence-electron chi connectivity index (χ1n) is 6.61. The first-order chi connectivity index (χ1) is 9.11. The molecule has 0 aliphatic rings. The maximum atomic E-state index is 5.99. The molecule has 102 valence electrons. The lowest BCUT2D eigenvalue weighted by molar-refractivity contribution is 0.141. The summed E-state index contributed by atoms with van der Waals surface area (Å²) in [7, 11) is 0. The second-order valence-electron chi connectivity index (χ2n) is 4.78. The fourth-order valence-electron chi connectivity index (χ4n) is 2.09. The number of anilines is 2. The number of aryl methyl sites for hydroxylation is 1. The van der Waals surface area contributed by atoms with Crippen molar-refractivity contribution in [3.8, 4) is 0 Å². The lowest BCUT2D eigenvalue weighted by Gasteiger charge is -2.17. The predicted octanol–water partition coefficient (Wildman–Crippen LogP) is 2.96. The Balaban J connectivity index is 2.32. The normalized spacial score (nSPS) is 12.6. The average Bonchev–Trinajstić information content (AvgIpc) is 2.39. The predicted molar refractivity (Wildman–Crippen MR) is 80.5 cm³/mol. The van der Waals surface area contributed by atoms with E-state index < -0.39 is 0 Å². The van der Waals surface area contributed by atoms with E-state index in [2.05, 4.69) is 23.3 Å². The van der Waals surface area contributed by atoms with Crippen LogP contribution in [0, 0.1) is 6.92 Å². The third-order valence-electron chi connectivity index (χ3n) is 3.05. The van der Waals surface area contributed by atoms with Crippen molar-refractivity contribution in [2.45, 2.75) is 26.8 Å². The molecular weight excluding hydrogens is 238 g/mol. The molecule has 0 amide bonds. The summed E-state index contributed by atoms with van der Waals surface area (Å²) in [4.78, 5) is 4.31. The summed E-state index contributed by atoms with van der Waals surface area (Å²) in [6.45, 7) is 7.51. The number of hydrogen-bond acceptors (Lipinski definition) is 4. The second kappa shape index (κ2) is 5.89. The van der Waals surface area contributed by atoms with Crippen molar-refractivity contribution in [3.05, 3.63) is 30.1 Å². The van der Waals surface area contributed by atoms with Crippen LogP contribution >= 0.6 is 0 Å². The molecule has 0 spiro atoms. The van der Waals surface area contributed by atoms with E-state index in [0.717, 1.165) is 34.4 Å². The molecule has 1 aromatic heterocycles. The molecule has 3 N–H and O–H groups in total. The summed E-state index contributed by atoms with van der Waals surface area (Å²) < 4.78 is 5.43. The standard InChI is InChI=1S/C15H21N3O/c1-4-19-9-11(3)18-15-6-5-14(16)13-8-17-10(2)7-12(13)15/h5-8,11,18H,4,9,16H2,1-3H3. The first-order valence-corrected chi connectivity index (χ1v) is 6.61. The maximum absolute atomic E-state index is 5.99.